The molecule has 0 unspecified atom stereocenters. The average molecular weight is 259 g/mol. The molecule has 0 aliphatic carbocycles. The van der Waals surface area contributed by atoms with Gasteiger partial charge in [-0.15, -0.1) is 0 Å². The number of nitrogens with zero attached hydrogens (tertiary/aromatic N) is 1. The summed E-state index contributed by atoms with van der Waals surface area (Å²) in [7, 11) is -2.59. The number of carbonyl (C=O) groups excluding carboxylic acids is 1. The van der Waals surface area contributed by atoms with Gasteiger partial charge < -0.3 is 4.74 Å². The third kappa shape index (κ3) is 2.78. The predicted molar refractivity (Wildman–Crippen MR) is 57.5 cm³/mol. The van der Waals surface area contributed by atoms with E-state index in [0.717, 1.165) is 31.6 Å². The highest BCUT2D eigenvalue weighted by Crippen LogP contribution is 2.22. The molecule has 0 radical (unpaired) electrons. The molecule has 1 rings (SSSR count). The van der Waals surface area contributed by atoms with Crippen LogP contribution < -0.4 is 0 Å². The van der Waals surface area contributed by atoms with Crippen molar-refractivity contribution in [2.75, 3.05) is 13.4 Å². The van der Waals surface area contributed by atoms with Gasteiger partial charge in [-0.2, -0.15) is 0 Å². The number of sulfone groups is 1. The van der Waals surface area contributed by atoms with Crippen LogP contribution in [-0.2, 0) is 14.6 Å². The summed E-state index contributed by atoms with van der Waals surface area (Å²) in [6.07, 6.45) is 0.903. The van der Waals surface area contributed by atoms with Crippen molar-refractivity contribution in [2.24, 2.45) is 0 Å². The quantitative estimate of drug-likeness (QED) is 0.451. The molecule has 1 aromatic rings. The van der Waals surface area contributed by atoms with E-state index in [1.807, 2.05) is 0 Å². The van der Waals surface area contributed by atoms with Gasteiger partial charge in [-0.05, 0) is 6.07 Å². The second-order valence-corrected chi connectivity index (χ2v) is 5.19. The highest BCUT2D eigenvalue weighted by Gasteiger charge is 2.22. The Bertz CT molecular complexity index is 577. The summed E-state index contributed by atoms with van der Waals surface area (Å²) in [6, 6.07) is 2.91. The number of non-ortho nitro benzene ring substituents is 1. The average Bonchev–Trinajstić information content (AvgIpc) is 2.25. The van der Waals surface area contributed by atoms with Gasteiger partial charge in [-0.25, -0.2) is 13.2 Å². The fraction of sp³-hybridized carbons (Fsp3) is 0.222. The molecule has 0 saturated carbocycles. The highest BCUT2D eigenvalue weighted by atomic mass is 32.2. The Hall–Kier alpha value is -1.96. The zero-order chi connectivity index (χ0) is 13.2. The third-order valence-electron chi connectivity index (χ3n) is 1.98. The monoisotopic (exact) mass is 259 g/mol. The Morgan fingerprint density at radius 2 is 2.00 bits per heavy atom. The largest absolute Gasteiger partial charge is 0.465 e. The maximum Gasteiger partial charge on any atom is 0.339 e. The van der Waals surface area contributed by atoms with Crippen LogP contribution in [0, 0.1) is 10.1 Å². The summed E-state index contributed by atoms with van der Waals surface area (Å²) in [5.74, 6) is -0.936. The molecule has 0 saturated heterocycles. The number of methoxy groups -OCH3 is 1. The zero-order valence-electron chi connectivity index (χ0n) is 9.04. The molecule has 17 heavy (non-hydrogen) atoms. The van der Waals surface area contributed by atoms with Crippen LogP contribution in [0.2, 0.25) is 0 Å². The molecule has 0 spiro atoms. The SMILES string of the molecule is COC(=O)c1cc([N+](=O)[O-])ccc1S(C)(=O)=O. The second-order valence-electron chi connectivity index (χ2n) is 3.20. The minimum absolute atomic E-state index is 0.296. The zero-order valence-corrected chi connectivity index (χ0v) is 9.85. The first-order chi connectivity index (χ1) is 7.77. The fourth-order valence-electron chi connectivity index (χ4n) is 1.22. The van der Waals surface area contributed by atoms with Crippen LogP contribution in [-0.4, -0.2) is 32.7 Å². The van der Waals surface area contributed by atoms with Gasteiger partial charge in [0.25, 0.3) is 5.69 Å². The van der Waals surface area contributed by atoms with Gasteiger partial charge in [0.15, 0.2) is 9.84 Å². The number of hydrogen-bond acceptors (Lipinski definition) is 6. The van der Waals surface area contributed by atoms with Crippen molar-refractivity contribution in [1.82, 2.24) is 0 Å². The van der Waals surface area contributed by atoms with Gasteiger partial charge in [0.1, 0.15) is 0 Å². The van der Waals surface area contributed by atoms with E-state index in [1.54, 1.807) is 0 Å². The molecule has 0 atom stereocenters. The predicted octanol–water partition coefficient (Wildman–Crippen LogP) is 0.785. The molecule has 0 N–H and O–H groups in total. The molecule has 0 fully saturated rings. The smallest absolute Gasteiger partial charge is 0.339 e. The summed E-state index contributed by atoms with van der Waals surface area (Å²) in [6.45, 7) is 0. The lowest BCUT2D eigenvalue weighted by molar-refractivity contribution is -0.384. The molecule has 7 nitrogen and oxygen atoms in total. The number of ether oxygens (including phenoxy) is 1. The Morgan fingerprint density at radius 1 is 1.41 bits per heavy atom. The van der Waals surface area contributed by atoms with Gasteiger partial charge >= 0.3 is 5.97 Å². The lowest BCUT2D eigenvalue weighted by Crippen LogP contribution is -2.10. The summed E-state index contributed by atoms with van der Waals surface area (Å²) >= 11 is 0. The lowest BCUT2D eigenvalue weighted by Gasteiger charge is -2.05. The van der Waals surface area contributed by atoms with Crippen LogP contribution >= 0.6 is 0 Å². The van der Waals surface area contributed by atoms with Crippen molar-refractivity contribution in [1.29, 1.82) is 0 Å². The van der Waals surface area contributed by atoms with E-state index < -0.39 is 20.7 Å². The van der Waals surface area contributed by atoms with Gasteiger partial charge in [0, 0.05) is 18.4 Å². The summed E-state index contributed by atoms with van der Waals surface area (Å²) in [5.41, 5.74) is -0.720. The molecular formula is C9H9NO6S. The third-order valence-corrected chi connectivity index (χ3v) is 3.13. The van der Waals surface area contributed by atoms with Gasteiger partial charge in [0.05, 0.1) is 22.5 Å². The summed E-state index contributed by atoms with van der Waals surface area (Å²) in [5, 5.41) is 10.5. The molecule has 0 aromatic heterocycles. The van der Waals surface area contributed by atoms with Gasteiger partial charge in [-0.3, -0.25) is 10.1 Å². The van der Waals surface area contributed by atoms with Gasteiger partial charge in [0.2, 0.25) is 0 Å². The normalized spacial score (nSPS) is 10.9. The number of nitro benzene ring substituents is 1. The van der Waals surface area contributed by atoms with Gasteiger partial charge in [-0.1, -0.05) is 0 Å². The summed E-state index contributed by atoms with van der Waals surface area (Å²) in [4.78, 5) is 20.9. The molecule has 1 aromatic carbocycles. The fourth-order valence-corrected chi connectivity index (χ4v) is 2.08. The minimum Gasteiger partial charge on any atom is -0.465 e. The van der Waals surface area contributed by atoms with Crippen LogP contribution in [0.4, 0.5) is 5.69 Å². The van der Waals surface area contributed by atoms with Crippen LogP contribution in [0.5, 0.6) is 0 Å². The molecule has 0 amide bonds. The highest BCUT2D eigenvalue weighted by molar-refractivity contribution is 7.90. The van der Waals surface area contributed by atoms with Crippen LogP contribution in [0.15, 0.2) is 23.1 Å². The number of benzene rings is 1. The van der Waals surface area contributed by atoms with Crippen molar-refractivity contribution in [3.8, 4) is 0 Å². The molecule has 0 bridgehead atoms. The molecular weight excluding hydrogens is 250 g/mol. The van der Waals surface area contributed by atoms with Crippen LogP contribution in [0.1, 0.15) is 10.4 Å². The molecule has 0 heterocycles. The Balaban J connectivity index is 3.53. The van der Waals surface area contributed by atoms with Crippen LogP contribution in [0.25, 0.3) is 0 Å². The maximum atomic E-state index is 11.4. The maximum absolute atomic E-state index is 11.4. The van der Waals surface area contributed by atoms with E-state index in [1.165, 1.54) is 0 Å². The van der Waals surface area contributed by atoms with E-state index in [-0.39, 0.29) is 16.1 Å². The van der Waals surface area contributed by atoms with Crippen molar-refractivity contribution < 1.29 is 22.9 Å². The number of rotatable bonds is 3. The van der Waals surface area contributed by atoms with Crippen molar-refractivity contribution in [3.05, 3.63) is 33.9 Å². The van der Waals surface area contributed by atoms with E-state index in [9.17, 15) is 23.3 Å². The Kier molecular flexibility index (Phi) is 3.47. The topological polar surface area (TPSA) is 104 Å². The van der Waals surface area contributed by atoms with E-state index in [4.69, 9.17) is 0 Å². The van der Waals surface area contributed by atoms with Crippen LogP contribution in [0.3, 0.4) is 0 Å². The lowest BCUT2D eigenvalue weighted by atomic mass is 10.2. The first kappa shape index (κ1) is 13.1. The number of nitro groups is 1. The van der Waals surface area contributed by atoms with Crippen molar-refractivity contribution >= 4 is 21.5 Å². The van der Waals surface area contributed by atoms with E-state index in [2.05, 4.69) is 4.74 Å². The second kappa shape index (κ2) is 4.50. The van der Waals surface area contributed by atoms with E-state index in [0.29, 0.717) is 0 Å². The number of carbonyl (C=O) groups is 1. The standard InChI is InChI=1S/C9H9NO6S/c1-16-9(11)7-5-6(10(12)13)3-4-8(7)17(2,14)15/h3-5H,1-2H3. The number of hydrogen-bond donors (Lipinski definition) is 0. The van der Waals surface area contributed by atoms with E-state index >= 15 is 0 Å². The number of esters is 1. The first-order valence-electron chi connectivity index (χ1n) is 4.34. The molecule has 0 aliphatic heterocycles. The Labute approximate surface area is 97.1 Å². The minimum atomic E-state index is -3.65. The Morgan fingerprint density at radius 3 is 2.41 bits per heavy atom. The van der Waals surface area contributed by atoms with Crippen molar-refractivity contribution in [3.63, 3.8) is 0 Å². The van der Waals surface area contributed by atoms with Crippen molar-refractivity contribution in [2.45, 2.75) is 4.90 Å². The first-order valence-corrected chi connectivity index (χ1v) is 6.23. The molecule has 92 valence electrons. The molecule has 8 heteroatoms. The molecule has 0 aliphatic rings. The summed E-state index contributed by atoms with van der Waals surface area (Å²) < 4.78 is 27.1.